The summed E-state index contributed by atoms with van der Waals surface area (Å²) in [5, 5.41) is 0. The van der Waals surface area contributed by atoms with Gasteiger partial charge in [-0.05, 0) is 55.9 Å². The second-order valence-corrected chi connectivity index (χ2v) is 5.24. The lowest BCUT2D eigenvalue weighted by atomic mass is 10.1. The van der Waals surface area contributed by atoms with Gasteiger partial charge in [-0.1, -0.05) is 18.7 Å². The predicted octanol–water partition coefficient (Wildman–Crippen LogP) is 3.98. The van der Waals surface area contributed by atoms with Crippen LogP contribution >= 0.6 is 0 Å². The topological polar surface area (TPSA) is 52.6 Å². The fourth-order valence-electron chi connectivity index (χ4n) is 1.97. The second-order valence-electron chi connectivity index (χ2n) is 5.24. The van der Waals surface area contributed by atoms with Crippen molar-refractivity contribution in [1.29, 1.82) is 0 Å². The number of esters is 2. The Morgan fingerprint density at radius 3 is 2.33 bits per heavy atom. The van der Waals surface area contributed by atoms with Crippen LogP contribution in [0.15, 0.2) is 36.9 Å². The number of ether oxygens (including phenoxy) is 2. The lowest BCUT2D eigenvalue weighted by molar-refractivity contribution is -0.139. The number of benzene rings is 1. The van der Waals surface area contributed by atoms with Gasteiger partial charge in [0.05, 0.1) is 13.2 Å². The molecule has 0 aliphatic rings. The SMILES string of the molecule is C=CC(=O)OCCCCCCOC(=O)/C=C/c1cccc(F)c1C. The number of unbranched alkanes of at least 4 members (excludes halogenated alkanes) is 3. The Kier molecular flexibility index (Phi) is 9.12. The summed E-state index contributed by atoms with van der Waals surface area (Å²) in [6, 6.07) is 4.71. The van der Waals surface area contributed by atoms with Crippen LogP contribution in [0.25, 0.3) is 6.08 Å². The average Bonchev–Trinajstić information content (AvgIpc) is 2.58. The van der Waals surface area contributed by atoms with Gasteiger partial charge in [-0.15, -0.1) is 0 Å². The number of halogens is 1. The number of rotatable bonds is 10. The number of hydrogen-bond acceptors (Lipinski definition) is 4. The van der Waals surface area contributed by atoms with Crippen LogP contribution < -0.4 is 0 Å². The van der Waals surface area contributed by atoms with Gasteiger partial charge < -0.3 is 9.47 Å². The van der Waals surface area contributed by atoms with Gasteiger partial charge in [-0.25, -0.2) is 14.0 Å². The minimum atomic E-state index is -0.446. The van der Waals surface area contributed by atoms with Crippen molar-refractivity contribution in [3.8, 4) is 0 Å². The van der Waals surface area contributed by atoms with Gasteiger partial charge in [0, 0.05) is 12.2 Å². The molecule has 130 valence electrons. The van der Waals surface area contributed by atoms with Crippen LogP contribution in [0, 0.1) is 12.7 Å². The van der Waals surface area contributed by atoms with E-state index in [1.165, 1.54) is 12.1 Å². The molecule has 0 N–H and O–H groups in total. The van der Waals surface area contributed by atoms with Crippen molar-refractivity contribution in [3.05, 3.63) is 53.9 Å². The summed E-state index contributed by atoms with van der Waals surface area (Å²) < 4.78 is 23.3. The van der Waals surface area contributed by atoms with E-state index in [0.717, 1.165) is 31.8 Å². The van der Waals surface area contributed by atoms with Gasteiger partial charge in [0.25, 0.3) is 0 Å². The first kappa shape index (κ1) is 19.6. The maximum absolute atomic E-state index is 13.4. The number of carbonyl (C=O) groups is 2. The average molecular weight is 334 g/mol. The molecule has 0 radical (unpaired) electrons. The van der Waals surface area contributed by atoms with Crippen LogP contribution in [0.4, 0.5) is 4.39 Å². The van der Waals surface area contributed by atoms with Crippen molar-refractivity contribution in [1.82, 2.24) is 0 Å². The van der Waals surface area contributed by atoms with Crippen LogP contribution in [0.3, 0.4) is 0 Å². The Bertz CT molecular complexity index is 593. The Labute approximate surface area is 142 Å². The highest BCUT2D eigenvalue weighted by Crippen LogP contribution is 2.13. The normalized spacial score (nSPS) is 10.6. The van der Waals surface area contributed by atoms with E-state index in [2.05, 4.69) is 6.58 Å². The highest BCUT2D eigenvalue weighted by atomic mass is 19.1. The van der Waals surface area contributed by atoms with Crippen LogP contribution in [0.5, 0.6) is 0 Å². The molecule has 0 unspecified atom stereocenters. The molecule has 0 saturated carbocycles. The van der Waals surface area contributed by atoms with E-state index >= 15 is 0 Å². The maximum Gasteiger partial charge on any atom is 0.330 e. The quantitative estimate of drug-likeness (QED) is 0.369. The van der Waals surface area contributed by atoms with Crippen molar-refractivity contribution in [3.63, 3.8) is 0 Å². The molecule has 0 saturated heterocycles. The lowest BCUT2D eigenvalue weighted by Crippen LogP contribution is -2.03. The largest absolute Gasteiger partial charge is 0.463 e. The molecule has 24 heavy (non-hydrogen) atoms. The molecular weight excluding hydrogens is 311 g/mol. The Morgan fingerprint density at radius 2 is 1.71 bits per heavy atom. The van der Waals surface area contributed by atoms with Gasteiger partial charge in [0.15, 0.2) is 0 Å². The third-order valence-corrected chi connectivity index (χ3v) is 3.40. The lowest BCUT2D eigenvalue weighted by Gasteiger charge is -2.04. The molecular formula is C19H23FO4. The van der Waals surface area contributed by atoms with Crippen molar-refractivity contribution in [2.45, 2.75) is 32.6 Å². The van der Waals surface area contributed by atoms with E-state index in [9.17, 15) is 14.0 Å². The van der Waals surface area contributed by atoms with E-state index in [4.69, 9.17) is 9.47 Å². The van der Waals surface area contributed by atoms with E-state index in [1.54, 1.807) is 25.1 Å². The van der Waals surface area contributed by atoms with Gasteiger partial charge in [0.1, 0.15) is 5.82 Å². The standard InChI is InChI=1S/C19H23FO4/c1-3-18(21)23-13-6-4-5-7-14-24-19(22)12-11-16-9-8-10-17(20)15(16)2/h3,8-12H,1,4-7,13-14H2,2H3/b12-11+. The van der Waals surface area contributed by atoms with Gasteiger partial charge >= 0.3 is 11.9 Å². The number of hydrogen-bond donors (Lipinski definition) is 0. The highest BCUT2D eigenvalue weighted by molar-refractivity contribution is 5.87. The minimum absolute atomic E-state index is 0.302. The van der Waals surface area contributed by atoms with Gasteiger partial charge in [-0.3, -0.25) is 0 Å². The third kappa shape index (κ3) is 7.72. The van der Waals surface area contributed by atoms with E-state index in [1.807, 2.05) is 0 Å². The second kappa shape index (κ2) is 11.2. The smallest absolute Gasteiger partial charge is 0.330 e. The molecule has 4 nitrogen and oxygen atoms in total. The van der Waals surface area contributed by atoms with Gasteiger partial charge in [-0.2, -0.15) is 0 Å². The summed E-state index contributed by atoms with van der Waals surface area (Å²) >= 11 is 0. The zero-order chi connectivity index (χ0) is 17.8. The van der Waals surface area contributed by atoms with Crippen molar-refractivity contribution in [2.24, 2.45) is 0 Å². The maximum atomic E-state index is 13.4. The summed E-state index contributed by atoms with van der Waals surface area (Å²) in [7, 11) is 0. The molecule has 1 aromatic rings. The van der Waals surface area contributed by atoms with Crippen molar-refractivity contribution in [2.75, 3.05) is 13.2 Å². The van der Waals surface area contributed by atoms with Crippen LogP contribution in [0.2, 0.25) is 0 Å². The molecule has 1 aromatic carbocycles. The third-order valence-electron chi connectivity index (χ3n) is 3.40. The Hall–Kier alpha value is -2.43. The molecule has 0 heterocycles. The van der Waals surface area contributed by atoms with Gasteiger partial charge in [0.2, 0.25) is 0 Å². The zero-order valence-electron chi connectivity index (χ0n) is 13.9. The molecule has 0 spiro atoms. The van der Waals surface area contributed by atoms with Crippen LogP contribution in [-0.2, 0) is 19.1 Å². The molecule has 0 aliphatic carbocycles. The van der Waals surface area contributed by atoms with E-state index < -0.39 is 11.9 Å². The summed E-state index contributed by atoms with van der Waals surface area (Å²) in [5.41, 5.74) is 1.15. The first-order chi connectivity index (χ1) is 11.5. The monoisotopic (exact) mass is 334 g/mol. The molecule has 0 bridgehead atoms. The minimum Gasteiger partial charge on any atom is -0.463 e. The van der Waals surface area contributed by atoms with Crippen molar-refractivity contribution < 1.29 is 23.5 Å². The van der Waals surface area contributed by atoms with Crippen LogP contribution in [0.1, 0.15) is 36.8 Å². The summed E-state index contributed by atoms with van der Waals surface area (Å²) in [6.07, 6.45) is 7.27. The summed E-state index contributed by atoms with van der Waals surface area (Å²) in [4.78, 5) is 22.4. The predicted molar refractivity (Wildman–Crippen MR) is 90.8 cm³/mol. The number of carbonyl (C=O) groups excluding carboxylic acids is 2. The fraction of sp³-hybridized carbons (Fsp3) is 0.368. The molecule has 0 atom stereocenters. The Balaban J connectivity index is 2.14. The molecule has 0 aliphatic heterocycles. The molecule has 0 aromatic heterocycles. The Morgan fingerprint density at radius 1 is 1.08 bits per heavy atom. The zero-order valence-corrected chi connectivity index (χ0v) is 13.9. The molecule has 0 fully saturated rings. The summed E-state index contributed by atoms with van der Waals surface area (Å²) in [5.74, 6) is -1.16. The molecule has 5 heteroatoms. The summed E-state index contributed by atoms with van der Waals surface area (Å²) in [6.45, 7) is 5.68. The van der Waals surface area contributed by atoms with Crippen molar-refractivity contribution >= 4 is 18.0 Å². The van der Waals surface area contributed by atoms with E-state index in [0.29, 0.717) is 24.3 Å². The van der Waals surface area contributed by atoms with Crippen LogP contribution in [-0.4, -0.2) is 25.2 Å². The molecule has 1 rings (SSSR count). The first-order valence-electron chi connectivity index (χ1n) is 7.93. The molecule has 0 amide bonds. The first-order valence-corrected chi connectivity index (χ1v) is 7.93. The highest BCUT2D eigenvalue weighted by Gasteiger charge is 2.02. The van der Waals surface area contributed by atoms with E-state index in [-0.39, 0.29) is 5.82 Å². The fourth-order valence-corrected chi connectivity index (χ4v) is 1.97.